The summed E-state index contributed by atoms with van der Waals surface area (Å²) in [4.78, 5) is 11.7. The zero-order valence-corrected chi connectivity index (χ0v) is 19.9. The summed E-state index contributed by atoms with van der Waals surface area (Å²) in [7, 11) is 3.28. The van der Waals surface area contributed by atoms with Gasteiger partial charge in [0.05, 0.1) is 42.6 Å². The summed E-state index contributed by atoms with van der Waals surface area (Å²) in [5, 5.41) is 5.44. The number of hydrogen-bond donors (Lipinski definition) is 0. The van der Waals surface area contributed by atoms with Gasteiger partial charge >= 0.3 is 12.1 Å². The number of aromatic nitrogens is 3. The van der Waals surface area contributed by atoms with Crippen LogP contribution < -0.4 is 4.74 Å². The third kappa shape index (κ3) is 5.18. The Morgan fingerprint density at radius 2 is 1.83 bits per heavy atom. The van der Waals surface area contributed by atoms with E-state index >= 15 is 0 Å². The van der Waals surface area contributed by atoms with Gasteiger partial charge in [-0.15, -0.1) is 0 Å². The molecule has 4 aromatic rings. The van der Waals surface area contributed by atoms with Crippen molar-refractivity contribution in [1.82, 2.24) is 14.3 Å². The molecule has 0 fully saturated rings. The maximum absolute atomic E-state index is 12.8. The molecule has 35 heavy (non-hydrogen) atoms. The van der Waals surface area contributed by atoms with Crippen molar-refractivity contribution < 1.29 is 27.4 Å². The molecule has 9 heteroatoms. The SMILES string of the molecule is COC(=O)Cc1cn(C)c2cc(OCC(C)c3cn(-c4ccc(C(F)(F)F)cc4)nc3C)ccc12. The van der Waals surface area contributed by atoms with Crippen LogP contribution in [0.5, 0.6) is 5.75 Å². The fourth-order valence-corrected chi connectivity index (χ4v) is 4.11. The first-order valence-electron chi connectivity index (χ1n) is 11.1. The Balaban J connectivity index is 1.47. The minimum Gasteiger partial charge on any atom is -0.493 e. The summed E-state index contributed by atoms with van der Waals surface area (Å²) in [6.07, 6.45) is -0.438. The molecule has 1 unspecified atom stereocenters. The lowest BCUT2D eigenvalue weighted by molar-refractivity contribution is -0.140. The molecule has 0 aliphatic heterocycles. The fraction of sp³-hybridized carbons (Fsp3) is 0.308. The van der Waals surface area contributed by atoms with Crippen LogP contribution in [0.25, 0.3) is 16.6 Å². The number of rotatable bonds is 7. The molecule has 2 heterocycles. The van der Waals surface area contributed by atoms with Crippen molar-refractivity contribution >= 4 is 16.9 Å². The summed E-state index contributed by atoms with van der Waals surface area (Å²) in [6, 6.07) is 10.6. The van der Waals surface area contributed by atoms with Crippen molar-refractivity contribution in [2.75, 3.05) is 13.7 Å². The molecular formula is C26H26F3N3O3. The van der Waals surface area contributed by atoms with Gasteiger partial charge < -0.3 is 14.0 Å². The number of esters is 1. The first-order valence-corrected chi connectivity index (χ1v) is 11.1. The normalized spacial score (nSPS) is 12.7. The van der Waals surface area contributed by atoms with Crippen LogP contribution in [-0.4, -0.2) is 34.0 Å². The van der Waals surface area contributed by atoms with Gasteiger partial charge in [-0.3, -0.25) is 4.79 Å². The third-order valence-electron chi connectivity index (χ3n) is 6.03. The molecule has 4 rings (SSSR count). The number of carbonyl (C=O) groups is 1. The van der Waals surface area contributed by atoms with Gasteiger partial charge in [0.15, 0.2) is 0 Å². The minimum atomic E-state index is -4.37. The van der Waals surface area contributed by atoms with E-state index in [1.54, 1.807) is 4.68 Å². The van der Waals surface area contributed by atoms with Crippen LogP contribution in [0, 0.1) is 6.92 Å². The van der Waals surface area contributed by atoms with Crippen LogP contribution in [0.15, 0.2) is 54.9 Å². The highest BCUT2D eigenvalue weighted by atomic mass is 19.4. The monoisotopic (exact) mass is 485 g/mol. The van der Waals surface area contributed by atoms with E-state index in [0.717, 1.165) is 39.9 Å². The lowest BCUT2D eigenvalue weighted by atomic mass is 10.0. The molecule has 0 N–H and O–H groups in total. The number of aryl methyl sites for hydroxylation is 2. The van der Waals surface area contributed by atoms with Gasteiger partial charge in [0.2, 0.25) is 0 Å². The van der Waals surface area contributed by atoms with E-state index in [2.05, 4.69) is 5.10 Å². The van der Waals surface area contributed by atoms with Gasteiger partial charge in [0.25, 0.3) is 0 Å². The van der Waals surface area contributed by atoms with Crippen molar-refractivity contribution in [3.8, 4) is 11.4 Å². The van der Waals surface area contributed by atoms with Gasteiger partial charge in [-0.2, -0.15) is 18.3 Å². The van der Waals surface area contributed by atoms with Crippen LogP contribution in [0.4, 0.5) is 13.2 Å². The predicted octanol–water partition coefficient (Wildman–Crippen LogP) is 5.59. The fourth-order valence-electron chi connectivity index (χ4n) is 4.11. The van der Waals surface area contributed by atoms with Gasteiger partial charge in [-0.05, 0) is 54.4 Å². The second-order valence-corrected chi connectivity index (χ2v) is 8.57. The van der Waals surface area contributed by atoms with E-state index in [1.807, 2.05) is 56.1 Å². The molecule has 0 aliphatic carbocycles. The average molecular weight is 486 g/mol. The number of nitrogens with zero attached hydrogens (tertiary/aromatic N) is 3. The molecule has 0 spiro atoms. The number of halogens is 3. The van der Waals surface area contributed by atoms with Gasteiger partial charge in [-0.25, -0.2) is 4.68 Å². The Labute approximate surface area is 200 Å². The first kappa shape index (κ1) is 24.4. The van der Waals surface area contributed by atoms with Crippen molar-refractivity contribution in [1.29, 1.82) is 0 Å². The van der Waals surface area contributed by atoms with Gasteiger partial charge in [-0.1, -0.05) is 6.92 Å². The predicted molar refractivity (Wildman–Crippen MR) is 126 cm³/mol. The molecule has 0 amide bonds. The van der Waals surface area contributed by atoms with Crippen molar-refractivity contribution in [2.24, 2.45) is 7.05 Å². The molecule has 0 saturated heterocycles. The Morgan fingerprint density at radius 1 is 1.11 bits per heavy atom. The molecular weight excluding hydrogens is 459 g/mol. The Kier molecular flexibility index (Phi) is 6.60. The van der Waals surface area contributed by atoms with Crippen LogP contribution in [0.3, 0.4) is 0 Å². The molecule has 1 atom stereocenters. The molecule has 0 saturated carbocycles. The lowest BCUT2D eigenvalue weighted by Crippen LogP contribution is -2.07. The number of benzene rings is 2. The highest BCUT2D eigenvalue weighted by Gasteiger charge is 2.30. The van der Waals surface area contributed by atoms with Crippen LogP contribution in [0.1, 0.15) is 35.2 Å². The Hall–Kier alpha value is -3.75. The molecule has 2 aromatic heterocycles. The third-order valence-corrected chi connectivity index (χ3v) is 6.03. The van der Waals surface area contributed by atoms with Crippen LogP contribution >= 0.6 is 0 Å². The maximum Gasteiger partial charge on any atom is 0.416 e. The second kappa shape index (κ2) is 9.48. The van der Waals surface area contributed by atoms with Crippen LogP contribution in [-0.2, 0) is 29.2 Å². The Morgan fingerprint density at radius 3 is 2.49 bits per heavy atom. The van der Waals surface area contributed by atoms with E-state index in [4.69, 9.17) is 9.47 Å². The molecule has 6 nitrogen and oxygen atoms in total. The minimum absolute atomic E-state index is 0.00260. The quantitative estimate of drug-likeness (QED) is 0.320. The molecule has 2 aromatic carbocycles. The summed E-state index contributed by atoms with van der Waals surface area (Å²) in [5.41, 5.74) is 3.43. The van der Waals surface area contributed by atoms with E-state index in [9.17, 15) is 18.0 Å². The zero-order valence-electron chi connectivity index (χ0n) is 19.9. The van der Waals surface area contributed by atoms with E-state index in [0.29, 0.717) is 18.0 Å². The summed E-state index contributed by atoms with van der Waals surface area (Å²) in [6.45, 7) is 4.27. The smallest absolute Gasteiger partial charge is 0.416 e. The highest BCUT2D eigenvalue weighted by Crippen LogP contribution is 2.30. The first-order chi connectivity index (χ1) is 16.6. The van der Waals surface area contributed by atoms with Gasteiger partial charge in [0.1, 0.15) is 5.75 Å². The summed E-state index contributed by atoms with van der Waals surface area (Å²) >= 11 is 0. The standard InChI is InChI=1S/C26H26F3N3O3/c1-16(23-14-32(30-17(23)2)20-7-5-19(6-8-20)26(27,28)29)15-35-21-9-10-22-18(11-25(33)34-4)13-31(3)24(22)12-21/h5-10,12-14,16H,11,15H2,1-4H3. The summed E-state index contributed by atoms with van der Waals surface area (Å²) < 4.78 is 52.9. The van der Waals surface area contributed by atoms with Crippen molar-refractivity contribution in [2.45, 2.75) is 32.4 Å². The molecule has 0 aliphatic rings. The topological polar surface area (TPSA) is 58.3 Å². The van der Waals surface area contributed by atoms with Crippen molar-refractivity contribution in [3.05, 3.63) is 77.2 Å². The molecule has 184 valence electrons. The number of hydrogen-bond acceptors (Lipinski definition) is 4. The number of methoxy groups -OCH3 is 1. The highest BCUT2D eigenvalue weighted by molar-refractivity contribution is 5.88. The van der Waals surface area contributed by atoms with Gasteiger partial charge in [0, 0.05) is 36.8 Å². The Bertz CT molecular complexity index is 1350. The maximum atomic E-state index is 12.8. The number of carbonyl (C=O) groups excluding carboxylic acids is 1. The molecule has 0 bridgehead atoms. The average Bonchev–Trinajstić information content (AvgIpc) is 3.36. The zero-order chi connectivity index (χ0) is 25.3. The van der Waals surface area contributed by atoms with Crippen molar-refractivity contribution in [3.63, 3.8) is 0 Å². The number of alkyl halides is 3. The number of ether oxygens (including phenoxy) is 2. The lowest BCUT2D eigenvalue weighted by Gasteiger charge is -2.13. The van der Waals surface area contributed by atoms with E-state index in [1.165, 1.54) is 19.2 Å². The second-order valence-electron chi connectivity index (χ2n) is 8.57. The largest absolute Gasteiger partial charge is 0.493 e. The van der Waals surface area contributed by atoms with E-state index in [-0.39, 0.29) is 18.3 Å². The number of fused-ring (bicyclic) bond motifs is 1. The van der Waals surface area contributed by atoms with Crippen LogP contribution in [0.2, 0.25) is 0 Å². The van der Waals surface area contributed by atoms with E-state index < -0.39 is 11.7 Å². The summed E-state index contributed by atoms with van der Waals surface area (Å²) in [5.74, 6) is 0.402. The molecule has 0 radical (unpaired) electrons.